The summed E-state index contributed by atoms with van der Waals surface area (Å²) in [6.07, 6.45) is 9.12. The third kappa shape index (κ3) is 3.72. The van der Waals surface area contributed by atoms with Crippen molar-refractivity contribution in [2.45, 2.75) is 31.7 Å². The molecule has 2 heterocycles. The topological polar surface area (TPSA) is 56.3 Å². The molecular weight excluding hydrogens is 312 g/mol. The monoisotopic (exact) mass is 340 g/mol. The molecule has 2 N–H and O–H groups in total. The van der Waals surface area contributed by atoms with Crippen molar-refractivity contribution in [3.8, 4) is 11.1 Å². The predicted octanol–water partition coefficient (Wildman–Crippen LogP) is 3.08. The van der Waals surface area contributed by atoms with E-state index in [-0.39, 0.29) is 0 Å². The Hall–Kier alpha value is -1.85. The molecule has 4 rings (SSSR count). The molecule has 2 aromatic rings. The van der Waals surface area contributed by atoms with E-state index in [1.54, 1.807) is 0 Å². The molecule has 0 atom stereocenters. The van der Waals surface area contributed by atoms with Crippen LogP contribution in [0.4, 0.5) is 5.69 Å². The van der Waals surface area contributed by atoms with Gasteiger partial charge in [-0.15, -0.1) is 0 Å². The Balaban J connectivity index is 1.42. The fourth-order valence-electron chi connectivity index (χ4n) is 3.95. The van der Waals surface area contributed by atoms with Gasteiger partial charge in [-0.3, -0.25) is 4.68 Å². The molecule has 0 unspecified atom stereocenters. The summed E-state index contributed by atoms with van der Waals surface area (Å²) >= 11 is 0. The first-order valence-electron chi connectivity index (χ1n) is 9.51. The van der Waals surface area contributed by atoms with Crippen molar-refractivity contribution in [1.82, 2.24) is 9.78 Å². The molecule has 134 valence electrons. The standard InChI is InChI=1S/C20H28N4O/c21-6-2-3-16-11-20(12-16)24-15-18(14-22-24)17-4-1-5-19(13-17)23-7-9-25-10-8-23/h1,4-5,13-16,20H,2-3,6-12,21H2. The normalized spacial score (nSPS) is 23.5. The molecule has 1 saturated carbocycles. The highest BCUT2D eigenvalue weighted by atomic mass is 16.5. The van der Waals surface area contributed by atoms with Crippen LogP contribution in [0.15, 0.2) is 36.7 Å². The molecule has 0 amide bonds. The van der Waals surface area contributed by atoms with Crippen LogP contribution < -0.4 is 10.6 Å². The van der Waals surface area contributed by atoms with Gasteiger partial charge in [0.05, 0.1) is 25.5 Å². The van der Waals surface area contributed by atoms with Crippen molar-refractivity contribution in [2.24, 2.45) is 11.7 Å². The Morgan fingerprint density at radius 1 is 1.16 bits per heavy atom. The van der Waals surface area contributed by atoms with Crippen molar-refractivity contribution >= 4 is 5.69 Å². The summed E-state index contributed by atoms with van der Waals surface area (Å²) in [4.78, 5) is 2.39. The van der Waals surface area contributed by atoms with Gasteiger partial charge < -0.3 is 15.4 Å². The number of nitrogens with two attached hydrogens (primary N) is 1. The van der Waals surface area contributed by atoms with Crippen LogP contribution in [0.25, 0.3) is 11.1 Å². The van der Waals surface area contributed by atoms with Gasteiger partial charge in [0.1, 0.15) is 0 Å². The van der Waals surface area contributed by atoms with E-state index in [9.17, 15) is 0 Å². The number of anilines is 1. The lowest BCUT2D eigenvalue weighted by Crippen LogP contribution is -2.36. The molecule has 0 bridgehead atoms. The summed E-state index contributed by atoms with van der Waals surface area (Å²) in [6.45, 7) is 4.38. The number of benzene rings is 1. The highest BCUT2D eigenvalue weighted by Crippen LogP contribution is 2.40. The number of ether oxygens (including phenoxy) is 1. The molecule has 1 aliphatic carbocycles. The van der Waals surface area contributed by atoms with Crippen molar-refractivity contribution in [2.75, 3.05) is 37.7 Å². The minimum atomic E-state index is 0.568. The summed E-state index contributed by atoms with van der Waals surface area (Å²) in [5.41, 5.74) is 9.34. The van der Waals surface area contributed by atoms with Crippen LogP contribution in [0.5, 0.6) is 0 Å². The molecule has 1 aromatic carbocycles. The SMILES string of the molecule is NCCCC1CC(n2cc(-c3cccc(N4CCOCC4)c3)cn2)C1. The molecule has 1 aromatic heterocycles. The first-order valence-corrected chi connectivity index (χ1v) is 9.51. The summed E-state index contributed by atoms with van der Waals surface area (Å²) in [5.74, 6) is 0.839. The quantitative estimate of drug-likeness (QED) is 0.878. The van der Waals surface area contributed by atoms with E-state index >= 15 is 0 Å². The highest BCUT2D eigenvalue weighted by Gasteiger charge is 2.30. The number of nitrogens with zero attached hydrogens (tertiary/aromatic N) is 3. The zero-order chi connectivity index (χ0) is 17.1. The lowest BCUT2D eigenvalue weighted by molar-refractivity contribution is 0.122. The number of hydrogen-bond donors (Lipinski definition) is 1. The lowest BCUT2D eigenvalue weighted by atomic mass is 9.77. The van der Waals surface area contributed by atoms with E-state index in [1.807, 2.05) is 6.20 Å². The number of morpholine rings is 1. The van der Waals surface area contributed by atoms with Crippen molar-refractivity contribution < 1.29 is 4.74 Å². The summed E-state index contributed by atoms with van der Waals surface area (Å²) in [6, 6.07) is 9.35. The van der Waals surface area contributed by atoms with Crippen LogP contribution in [0.1, 0.15) is 31.7 Å². The fourth-order valence-corrected chi connectivity index (χ4v) is 3.95. The predicted molar refractivity (Wildman–Crippen MR) is 101 cm³/mol. The largest absolute Gasteiger partial charge is 0.378 e. The summed E-state index contributed by atoms with van der Waals surface area (Å²) in [5, 5.41) is 4.63. The van der Waals surface area contributed by atoms with Crippen LogP contribution in [0.3, 0.4) is 0 Å². The third-order valence-electron chi connectivity index (χ3n) is 5.56. The van der Waals surface area contributed by atoms with Gasteiger partial charge in [-0.1, -0.05) is 12.1 Å². The first-order chi connectivity index (χ1) is 12.3. The van der Waals surface area contributed by atoms with Gasteiger partial charge in [-0.25, -0.2) is 0 Å². The van der Waals surface area contributed by atoms with Crippen LogP contribution in [-0.2, 0) is 4.74 Å². The smallest absolute Gasteiger partial charge is 0.0642 e. The molecule has 5 nitrogen and oxygen atoms in total. The maximum absolute atomic E-state index is 5.61. The third-order valence-corrected chi connectivity index (χ3v) is 5.56. The Morgan fingerprint density at radius 3 is 2.80 bits per heavy atom. The van der Waals surface area contributed by atoms with Crippen molar-refractivity contribution in [1.29, 1.82) is 0 Å². The Morgan fingerprint density at radius 2 is 2.00 bits per heavy atom. The first kappa shape index (κ1) is 16.6. The summed E-state index contributed by atoms with van der Waals surface area (Å²) < 4.78 is 7.62. The summed E-state index contributed by atoms with van der Waals surface area (Å²) in [7, 11) is 0. The van der Waals surface area contributed by atoms with Crippen LogP contribution >= 0.6 is 0 Å². The molecule has 1 saturated heterocycles. The van der Waals surface area contributed by atoms with E-state index in [1.165, 1.54) is 36.1 Å². The zero-order valence-corrected chi connectivity index (χ0v) is 14.8. The number of rotatable bonds is 6. The molecule has 0 radical (unpaired) electrons. The van der Waals surface area contributed by atoms with Gasteiger partial charge in [-0.2, -0.15) is 5.10 Å². The Labute approximate surface area is 149 Å². The van der Waals surface area contributed by atoms with Gasteiger partial charge in [0.25, 0.3) is 0 Å². The minimum Gasteiger partial charge on any atom is -0.378 e. The van der Waals surface area contributed by atoms with Gasteiger partial charge >= 0.3 is 0 Å². The molecule has 0 spiro atoms. The second kappa shape index (κ2) is 7.58. The molecule has 5 heteroatoms. The number of aromatic nitrogens is 2. The van der Waals surface area contributed by atoms with Gasteiger partial charge in [0, 0.05) is 30.5 Å². The molecular formula is C20H28N4O. The Bertz CT molecular complexity index is 687. The molecule has 2 fully saturated rings. The van der Waals surface area contributed by atoms with Crippen molar-refractivity contribution in [3.63, 3.8) is 0 Å². The highest BCUT2D eigenvalue weighted by molar-refractivity contribution is 5.67. The molecule has 1 aliphatic heterocycles. The van der Waals surface area contributed by atoms with Gasteiger partial charge in [0.15, 0.2) is 0 Å². The number of hydrogen-bond acceptors (Lipinski definition) is 4. The average Bonchev–Trinajstić information content (AvgIpc) is 3.11. The minimum absolute atomic E-state index is 0.568. The van der Waals surface area contributed by atoms with E-state index in [4.69, 9.17) is 10.5 Å². The van der Waals surface area contributed by atoms with Gasteiger partial charge in [0.2, 0.25) is 0 Å². The van der Waals surface area contributed by atoms with Crippen LogP contribution in [0.2, 0.25) is 0 Å². The molecule has 25 heavy (non-hydrogen) atoms. The second-order valence-corrected chi connectivity index (χ2v) is 7.28. The maximum Gasteiger partial charge on any atom is 0.0642 e. The van der Waals surface area contributed by atoms with Crippen LogP contribution in [0, 0.1) is 5.92 Å². The maximum atomic E-state index is 5.61. The Kier molecular flexibility index (Phi) is 5.04. The van der Waals surface area contributed by atoms with E-state index in [0.717, 1.165) is 45.2 Å². The zero-order valence-electron chi connectivity index (χ0n) is 14.8. The molecule has 2 aliphatic rings. The van der Waals surface area contributed by atoms with Gasteiger partial charge in [-0.05, 0) is 55.8 Å². The fraction of sp³-hybridized carbons (Fsp3) is 0.550. The average molecular weight is 340 g/mol. The second-order valence-electron chi connectivity index (χ2n) is 7.28. The van der Waals surface area contributed by atoms with E-state index in [0.29, 0.717) is 6.04 Å². The van der Waals surface area contributed by atoms with Crippen LogP contribution in [-0.4, -0.2) is 42.6 Å². The van der Waals surface area contributed by atoms with Crippen molar-refractivity contribution in [3.05, 3.63) is 36.7 Å². The van der Waals surface area contributed by atoms with E-state index < -0.39 is 0 Å². The lowest BCUT2D eigenvalue weighted by Gasteiger charge is -2.35. The van der Waals surface area contributed by atoms with E-state index in [2.05, 4.69) is 45.1 Å².